The maximum Gasteiger partial charge on any atom is 0.238 e. The summed E-state index contributed by atoms with van der Waals surface area (Å²) < 4.78 is 0. The van der Waals surface area contributed by atoms with Gasteiger partial charge < -0.3 is 10.6 Å². The van der Waals surface area contributed by atoms with Crippen LogP contribution in [-0.4, -0.2) is 43.0 Å². The number of rotatable bonds is 3. The van der Waals surface area contributed by atoms with Gasteiger partial charge in [-0.2, -0.15) is 5.26 Å². The molecule has 8 heteroatoms. The quantitative estimate of drug-likeness (QED) is 0.881. The number of halogens is 3. The minimum absolute atomic E-state index is 0.106. The molecular formula is C13H13Cl3N4O. The number of carbonyl (C=O) groups is 1. The third-order valence-electron chi connectivity index (χ3n) is 3.12. The summed E-state index contributed by atoms with van der Waals surface area (Å²) >= 11 is 17.9. The van der Waals surface area contributed by atoms with E-state index >= 15 is 0 Å². The molecule has 1 atom stereocenters. The topological polar surface area (TPSA) is 68.2 Å². The number of hydrogen-bond acceptors (Lipinski definition) is 4. The van der Waals surface area contributed by atoms with Crippen molar-refractivity contribution < 1.29 is 4.79 Å². The summed E-state index contributed by atoms with van der Waals surface area (Å²) in [6, 6.07) is 4.86. The highest BCUT2D eigenvalue weighted by molar-refractivity contribution is 6.42. The normalized spacial score (nSPS) is 19.0. The molecular weight excluding hydrogens is 335 g/mol. The largest absolute Gasteiger partial charge is 0.322 e. The van der Waals surface area contributed by atoms with E-state index in [0.29, 0.717) is 23.8 Å². The molecule has 21 heavy (non-hydrogen) atoms. The van der Waals surface area contributed by atoms with E-state index in [0.717, 1.165) is 6.54 Å². The molecule has 1 fully saturated rings. The summed E-state index contributed by atoms with van der Waals surface area (Å²) in [5.41, 5.74) is 0.330. The lowest BCUT2D eigenvalue weighted by Gasteiger charge is -2.31. The Morgan fingerprint density at radius 1 is 1.43 bits per heavy atom. The van der Waals surface area contributed by atoms with Crippen LogP contribution in [0.2, 0.25) is 15.1 Å². The Morgan fingerprint density at radius 2 is 2.10 bits per heavy atom. The molecule has 1 heterocycles. The Morgan fingerprint density at radius 3 is 2.71 bits per heavy atom. The van der Waals surface area contributed by atoms with Gasteiger partial charge in [-0.1, -0.05) is 34.8 Å². The third-order valence-corrected chi connectivity index (χ3v) is 3.94. The van der Waals surface area contributed by atoms with E-state index in [1.54, 1.807) is 0 Å². The first kappa shape index (κ1) is 16.3. The Labute approximate surface area is 137 Å². The lowest BCUT2D eigenvalue weighted by atomic mass is 10.2. The standard InChI is InChI=1S/C13H13Cl3N4O/c14-8-3-10(15)13(11(16)4-8)19-12(21)7-20-2-1-18-6-9(20)5-17/h3-4,9,18H,1-2,6-7H2,(H,19,21). The van der Waals surface area contributed by atoms with Gasteiger partial charge in [0.15, 0.2) is 0 Å². The Bertz CT molecular complexity index is 564. The van der Waals surface area contributed by atoms with Crippen LogP contribution >= 0.6 is 34.8 Å². The Kier molecular flexibility index (Phi) is 5.68. The molecule has 112 valence electrons. The summed E-state index contributed by atoms with van der Waals surface area (Å²) in [7, 11) is 0. The molecule has 0 radical (unpaired) electrons. The van der Waals surface area contributed by atoms with Crippen LogP contribution in [-0.2, 0) is 4.79 Å². The van der Waals surface area contributed by atoms with Crippen molar-refractivity contribution in [3.05, 3.63) is 27.2 Å². The fourth-order valence-electron chi connectivity index (χ4n) is 2.09. The van der Waals surface area contributed by atoms with Crippen molar-refractivity contribution in [3.63, 3.8) is 0 Å². The molecule has 0 bridgehead atoms. The van der Waals surface area contributed by atoms with Crippen LogP contribution in [0.4, 0.5) is 5.69 Å². The van der Waals surface area contributed by atoms with Crippen LogP contribution < -0.4 is 10.6 Å². The number of carbonyl (C=O) groups excluding carboxylic acids is 1. The molecule has 0 aliphatic carbocycles. The second-order valence-electron chi connectivity index (χ2n) is 4.61. The fourth-order valence-corrected chi connectivity index (χ4v) is 3.00. The van der Waals surface area contributed by atoms with Gasteiger partial charge in [-0.05, 0) is 12.1 Å². The van der Waals surface area contributed by atoms with Crippen molar-refractivity contribution in [3.8, 4) is 6.07 Å². The van der Waals surface area contributed by atoms with E-state index in [1.165, 1.54) is 12.1 Å². The van der Waals surface area contributed by atoms with E-state index in [9.17, 15) is 4.79 Å². The summed E-state index contributed by atoms with van der Waals surface area (Å²) in [4.78, 5) is 13.9. The molecule has 0 spiro atoms. The van der Waals surface area contributed by atoms with Gasteiger partial charge in [-0.3, -0.25) is 9.69 Å². The number of anilines is 1. The molecule has 2 rings (SSSR count). The number of nitrogens with one attached hydrogen (secondary N) is 2. The van der Waals surface area contributed by atoms with E-state index in [4.69, 9.17) is 40.1 Å². The van der Waals surface area contributed by atoms with Crippen molar-refractivity contribution in [2.24, 2.45) is 0 Å². The Balaban J connectivity index is 2.04. The molecule has 1 unspecified atom stereocenters. The maximum absolute atomic E-state index is 12.1. The van der Waals surface area contributed by atoms with Gasteiger partial charge in [0, 0.05) is 24.7 Å². The van der Waals surface area contributed by atoms with Crippen molar-refractivity contribution in [2.75, 3.05) is 31.5 Å². The first-order chi connectivity index (χ1) is 10.0. The number of hydrogen-bond donors (Lipinski definition) is 2. The zero-order valence-electron chi connectivity index (χ0n) is 11.0. The fraction of sp³-hybridized carbons (Fsp3) is 0.385. The van der Waals surface area contributed by atoms with Crippen molar-refractivity contribution in [1.29, 1.82) is 5.26 Å². The number of piperazine rings is 1. The molecule has 1 aromatic rings. The second-order valence-corrected chi connectivity index (χ2v) is 5.86. The van der Waals surface area contributed by atoms with E-state index in [2.05, 4.69) is 16.7 Å². The van der Waals surface area contributed by atoms with Crippen molar-refractivity contribution in [1.82, 2.24) is 10.2 Å². The molecule has 1 aromatic carbocycles. The smallest absolute Gasteiger partial charge is 0.238 e. The molecule has 1 aliphatic heterocycles. The highest BCUT2D eigenvalue weighted by Crippen LogP contribution is 2.33. The zero-order valence-corrected chi connectivity index (χ0v) is 13.3. The summed E-state index contributed by atoms with van der Waals surface area (Å²) in [6.45, 7) is 2.03. The van der Waals surface area contributed by atoms with Gasteiger partial charge in [0.25, 0.3) is 0 Å². The van der Waals surface area contributed by atoms with E-state index in [-0.39, 0.29) is 28.5 Å². The van der Waals surface area contributed by atoms with Crippen LogP contribution in [0, 0.1) is 11.3 Å². The minimum Gasteiger partial charge on any atom is -0.322 e. The van der Waals surface area contributed by atoms with Gasteiger partial charge in [-0.25, -0.2) is 0 Å². The molecule has 1 amide bonds. The molecule has 5 nitrogen and oxygen atoms in total. The third kappa shape index (κ3) is 4.22. The first-order valence-electron chi connectivity index (χ1n) is 6.30. The average Bonchev–Trinajstić information content (AvgIpc) is 2.43. The monoisotopic (exact) mass is 346 g/mol. The van der Waals surface area contributed by atoms with Gasteiger partial charge in [0.05, 0.1) is 28.3 Å². The number of nitriles is 1. The maximum atomic E-state index is 12.1. The SMILES string of the molecule is N#CC1CNCCN1CC(=O)Nc1c(Cl)cc(Cl)cc1Cl. The zero-order chi connectivity index (χ0) is 15.4. The second kappa shape index (κ2) is 7.30. The molecule has 1 aliphatic rings. The van der Waals surface area contributed by atoms with E-state index < -0.39 is 0 Å². The molecule has 1 saturated heterocycles. The lowest BCUT2D eigenvalue weighted by Crippen LogP contribution is -2.52. The number of amides is 1. The highest BCUT2D eigenvalue weighted by atomic mass is 35.5. The summed E-state index contributed by atoms with van der Waals surface area (Å²) in [6.07, 6.45) is 0. The minimum atomic E-state index is -0.319. The number of nitrogens with zero attached hydrogens (tertiary/aromatic N) is 2. The van der Waals surface area contributed by atoms with Gasteiger partial charge >= 0.3 is 0 Å². The first-order valence-corrected chi connectivity index (χ1v) is 7.43. The van der Waals surface area contributed by atoms with Gasteiger partial charge in [0.1, 0.15) is 6.04 Å². The highest BCUT2D eigenvalue weighted by Gasteiger charge is 2.24. The summed E-state index contributed by atoms with van der Waals surface area (Å²) in [5, 5.41) is 15.8. The van der Waals surface area contributed by atoms with Gasteiger partial charge in [-0.15, -0.1) is 0 Å². The van der Waals surface area contributed by atoms with Gasteiger partial charge in [0.2, 0.25) is 5.91 Å². The van der Waals surface area contributed by atoms with Crippen molar-refractivity contribution >= 4 is 46.4 Å². The molecule has 0 aromatic heterocycles. The number of benzene rings is 1. The lowest BCUT2D eigenvalue weighted by molar-refractivity contribution is -0.117. The van der Waals surface area contributed by atoms with Crippen molar-refractivity contribution in [2.45, 2.75) is 6.04 Å². The predicted octanol–water partition coefficient (Wildman–Crippen LogP) is 2.38. The van der Waals surface area contributed by atoms with Crippen LogP contribution in [0.25, 0.3) is 0 Å². The van der Waals surface area contributed by atoms with E-state index in [1.807, 2.05) is 4.90 Å². The van der Waals surface area contributed by atoms with Crippen LogP contribution in [0.15, 0.2) is 12.1 Å². The molecule has 2 N–H and O–H groups in total. The van der Waals surface area contributed by atoms with Crippen LogP contribution in [0.5, 0.6) is 0 Å². The summed E-state index contributed by atoms with van der Waals surface area (Å²) in [5.74, 6) is -0.275. The average molecular weight is 348 g/mol. The van der Waals surface area contributed by atoms with Crippen LogP contribution in [0.3, 0.4) is 0 Å². The predicted molar refractivity (Wildman–Crippen MR) is 83.9 cm³/mol. The van der Waals surface area contributed by atoms with Crippen LogP contribution in [0.1, 0.15) is 0 Å². The Hall–Kier alpha value is -1.03. The molecule has 0 saturated carbocycles.